The molecule has 140 heavy (non-hydrogen) atoms. The number of cyclic esters (lactones) is 4. The number of hydrogen-bond donors (Lipinski definition) is 10. The van der Waals surface area contributed by atoms with Crippen molar-refractivity contribution in [3.8, 4) is 17.6 Å². The molecule has 0 fully saturated rings. The van der Waals surface area contributed by atoms with Crippen LogP contribution in [0, 0.1) is 0 Å². The Morgan fingerprint density at radius 2 is 0.907 bits per heavy atom. The van der Waals surface area contributed by atoms with Gasteiger partial charge in [0.25, 0.3) is 16.7 Å². The lowest BCUT2D eigenvalue weighted by atomic mass is 9.85. The molecule has 7 aliphatic heterocycles. The van der Waals surface area contributed by atoms with E-state index in [0.717, 1.165) is 5.56 Å². The van der Waals surface area contributed by atoms with Crippen LogP contribution in [0.3, 0.4) is 0 Å². The molecule has 758 valence electrons. The van der Waals surface area contributed by atoms with E-state index in [9.17, 15) is 113 Å². The van der Waals surface area contributed by atoms with Crippen LogP contribution in [0.4, 0.5) is 0 Å². The number of nitrogens with zero attached hydrogens (tertiary/aromatic N) is 5. The van der Waals surface area contributed by atoms with Crippen molar-refractivity contribution in [2.24, 2.45) is 0 Å². The van der Waals surface area contributed by atoms with Gasteiger partial charge in [0.1, 0.15) is 48.9 Å². The number of benzene rings is 1. The first kappa shape index (κ1) is 110. The number of carbonyl (C=O) groups is 11. The highest BCUT2D eigenvalue weighted by Gasteiger charge is 2.51. The zero-order valence-corrected chi connectivity index (χ0v) is 80.6. The number of fused-ring (bicyclic) bond motifs is 7. The van der Waals surface area contributed by atoms with E-state index in [1.807, 2.05) is 58.0 Å². The number of rotatable bonds is 28. The molecule has 0 amide bonds. The molecule has 43 nitrogen and oxygen atoms in total. The van der Waals surface area contributed by atoms with Gasteiger partial charge < -0.3 is 126 Å². The van der Waals surface area contributed by atoms with E-state index in [0.29, 0.717) is 48.9 Å². The Bertz CT molecular complexity index is 6090. The molecule has 0 saturated carbocycles. The first-order chi connectivity index (χ1) is 66.2. The Morgan fingerprint density at radius 1 is 0.493 bits per heavy atom. The molecule has 1 aromatic carbocycles. The number of Topliss-reactive ketones (excluding diaryl/α,β-unsaturated/α-hetero) is 1. The summed E-state index contributed by atoms with van der Waals surface area (Å²) in [5, 5.41) is 93.8. The van der Waals surface area contributed by atoms with Crippen LogP contribution >= 0.6 is 0 Å². The van der Waals surface area contributed by atoms with Crippen LogP contribution < -0.4 is 30.9 Å². The third kappa shape index (κ3) is 23.0. The van der Waals surface area contributed by atoms with Crippen LogP contribution in [0.1, 0.15) is 291 Å². The lowest BCUT2D eigenvalue weighted by Gasteiger charge is -2.38. The van der Waals surface area contributed by atoms with Crippen molar-refractivity contribution < 1.29 is 165 Å². The van der Waals surface area contributed by atoms with Gasteiger partial charge >= 0.3 is 59.7 Å². The number of methoxy groups -OCH3 is 3. The summed E-state index contributed by atoms with van der Waals surface area (Å²) in [4.78, 5) is 183. The number of aromatic nitrogens is 6. The fourth-order valence-corrected chi connectivity index (χ4v) is 15.6. The van der Waals surface area contributed by atoms with E-state index in [1.165, 1.54) is 73.8 Å². The van der Waals surface area contributed by atoms with E-state index in [2.05, 4.69) is 19.9 Å². The minimum Gasteiger partial charge on any atom is -0.505 e. The van der Waals surface area contributed by atoms with E-state index in [-0.39, 0.29) is 243 Å². The highest BCUT2D eigenvalue weighted by molar-refractivity contribution is 5.99. The summed E-state index contributed by atoms with van der Waals surface area (Å²) >= 11 is 0. The Balaban J connectivity index is 0.000000189. The monoisotopic (exact) mass is 1960 g/mol. The smallest absolute Gasteiger partial charge is 0.357 e. The lowest BCUT2D eigenvalue weighted by Crippen LogP contribution is -2.45. The number of aliphatic carboxylic acids is 1. The number of aromatic amines is 1. The normalized spacial score (nSPS) is 20.2. The molecular formula is C97H118N6O37. The number of ether oxygens (including phenoxy) is 14. The number of carboxylic acid groups (broad SMARTS) is 1. The zero-order valence-electron chi connectivity index (χ0n) is 80.6. The highest BCUT2D eigenvalue weighted by Crippen LogP contribution is 2.44. The topological polar surface area (TPSA) is 615 Å². The molecule has 7 aromatic rings. The zero-order chi connectivity index (χ0) is 104. The number of pyridine rings is 6. The van der Waals surface area contributed by atoms with Crippen LogP contribution in [-0.2, 0) is 174 Å². The van der Waals surface area contributed by atoms with Crippen LogP contribution in [0.5, 0.6) is 17.6 Å². The number of aliphatic hydroxyl groups is 8. The molecular weight excluding hydrogens is 1840 g/mol. The second-order valence-corrected chi connectivity index (χ2v) is 33.9. The first-order valence-corrected chi connectivity index (χ1v) is 45.4. The molecule has 0 bridgehead atoms. The average Bonchev–Trinajstić information content (AvgIpc) is 1.59. The Hall–Kier alpha value is -13.5. The number of esters is 9. The molecule has 14 rings (SSSR count). The third-order valence-electron chi connectivity index (χ3n) is 23.7. The van der Waals surface area contributed by atoms with Crippen LogP contribution in [0.2, 0.25) is 0 Å². The second-order valence-electron chi connectivity index (χ2n) is 33.9. The van der Waals surface area contributed by atoms with Crippen molar-refractivity contribution >= 4 is 71.2 Å². The quantitative estimate of drug-likeness (QED) is 0.0170. The molecule has 10 N–H and O–H groups in total. The van der Waals surface area contributed by atoms with E-state index in [4.69, 9.17) is 66.3 Å². The number of carbonyl (C=O) groups excluding carboxylic acids is 10. The van der Waals surface area contributed by atoms with Gasteiger partial charge in [-0.3, -0.25) is 19.2 Å². The Kier molecular flexibility index (Phi) is 36.6. The van der Waals surface area contributed by atoms with Crippen LogP contribution in [0.15, 0.2) is 86.7 Å². The van der Waals surface area contributed by atoms with Crippen molar-refractivity contribution in [3.05, 3.63) is 210 Å². The number of aliphatic hydroxyl groups excluding tert-OH is 2. The second kappa shape index (κ2) is 46.5. The minimum absolute atomic E-state index is 0.00265. The summed E-state index contributed by atoms with van der Waals surface area (Å²) < 4.78 is 74.3. The Labute approximate surface area is 802 Å². The predicted molar refractivity (Wildman–Crippen MR) is 485 cm³/mol. The number of ketones is 1. The number of H-pyrrole nitrogens is 1. The number of hydrogen-bond acceptors (Lipinski definition) is 39. The molecule has 7 unspecified atom stereocenters. The molecule has 7 atom stereocenters. The van der Waals surface area contributed by atoms with Crippen molar-refractivity contribution in [1.29, 1.82) is 0 Å². The molecule has 0 spiro atoms. The fraction of sp³-hybridized carbons (Fsp3) is 0.495. The molecule has 7 aliphatic rings. The predicted octanol–water partition coefficient (Wildman–Crippen LogP) is 7.28. The van der Waals surface area contributed by atoms with Gasteiger partial charge in [0.15, 0.2) is 62.9 Å². The van der Waals surface area contributed by atoms with Gasteiger partial charge in [0.05, 0.1) is 108 Å². The third-order valence-corrected chi connectivity index (χ3v) is 23.7. The van der Waals surface area contributed by atoms with E-state index in [1.54, 1.807) is 55.4 Å². The SMILES string of the molecule is CCC1(O)C(=O)OCc2c1cc1n(c2=O)CC(C(=O)OC(C)(C)C)=C1O.CCC1(O)C(=O)OCc2c1cc1n(c2=O)CCC1=O.CCCOC(=O)c1cc(C(O)(CC)C(=O)O)c(COCc2ccccc2)c(OC)n1.CCCOC(=O)c1cc2c(c(=O)[nH]1)COC(=O)C2(O)CC.CCCOC(=O)c1cc2c(c(OC)n1)COC(=O)C2(O)CC.CCCOC(=O)c1cc2c(c(OC)n1)COC(O)C2(O)CC. The summed E-state index contributed by atoms with van der Waals surface area (Å²) in [7, 11) is 4.16. The van der Waals surface area contributed by atoms with Crippen molar-refractivity contribution in [2.75, 3.05) is 47.8 Å². The summed E-state index contributed by atoms with van der Waals surface area (Å²) in [6, 6.07) is 17.6. The number of carboxylic acids is 1. The molecule has 13 heterocycles. The van der Waals surface area contributed by atoms with Crippen LogP contribution in [0.25, 0.3) is 5.76 Å². The summed E-state index contributed by atoms with van der Waals surface area (Å²) in [6.07, 6.45) is 1.85. The molecule has 0 aliphatic carbocycles. The summed E-state index contributed by atoms with van der Waals surface area (Å²) in [6.45, 7) is 22.9. The Morgan fingerprint density at radius 3 is 1.35 bits per heavy atom. The maximum atomic E-state index is 12.8. The van der Waals surface area contributed by atoms with Crippen molar-refractivity contribution in [1.82, 2.24) is 29.1 Å². The summed E-state index contributed by atoms with van der Waals surface area (Å²) in [5.41, 5.74) is -9.75. The van der Waals surface area contributed by atoms with Gasteiger partial charge in [-0.15, -0.1) is 0 Å². The maximum absolute atomic E-state index is 12.8. The fourth-order valence-electron chi connectivity index (χ4n) is 15.6. The lowest BCUT2D eigenvalue weighted by molar-refractivity contribution is -0.236. The van der Waals surface area contributed by atoms with E-state index >= 15 is 0 Å². The van der Waals surface area contributed by atoms with Gasteiger partial charge in [-0.1, -0.05) is 99.6 Å². The largest absolute Gasteiger partial charge is 0.505 e. The standard InChI is InChI=1S/C22H27NO7.C18H21NO7.C15H21NO6.C15H19NO6.C14H17NO6.C13H13NO5/c1-4-11-30-20(24)18-12-17(22(27,5-2)21(25)26)16(19(23-18)28-3)14-29-13-15-9-7-6-8-10-15;1-5-18(24)11-6-12-13(20)9(15(22)26-17(2,3)4)7-19(12)14(21)10(11)8-25-16(18)23;2*1-4-6-21-13(17)11-7-10-9(12(16-11)20-3)8-22-14(18)15(10,19)5-2;1-3-5-20-12(17)10-6-9-8(11(16)15-10)7-21-13(18)14(9,19)4-2;1-2-13(18)8-5-9-10(15)3-4-14(9)11(16)7(8)6-19-12(13)17/h6-10,12,27H,4-5,11,13-14H2,1-3H3,(H,25,26);6,20,24H,5,7-8H2,1-4H3;7,14,18-19H,4-6,8H2,1-3H3;7,19H,4-6,8H2,1-3H3;6,19H,3-5,7H2,1-2H3,(H,15,16);5,18H,2-4,6H2,1H3. The van der Waals surface area contributed by atoms with Gasteiger partial charge in [0.2, 0.25) is 17.6 Å². The minimum atomic E-state index is -2.25. The van der Waals surface area contributed by atoms with Gasteiger partial charge in [-0.25, -0.2) is 62.9 Å². The summed E-state index contributed by atoms with van der Waals surface area (Å²) in [5.74, 6) is -8.22. The molecule has 43 heteroatoms. The maximum Gasteiger partial charge on any atom is 0.357 e. The highest BCUT2D eigenvalue weighted by atomic mass is 16.6. The molecule has 0 saturated heterocycles. The van der Waals surface area contributed by atoms with Crippen molar-refractivity contribution in [3.63, 3.8) is 0 Å². The average molecular weight is 1960 g/mol. The van der Waals surface area contributed by atoms with Gasteiger partial charge in [-0.2, -0.15) is 0 Å². The van der Waals surface area contributed by atoms with E-state index < -0.39 is 122 Å². The van der Waals surface area contributed by atoms with Gasteiger partial charge in [0, 0.05) is 57.5 Å². The van der Waals surface area contributed by atoms with Crippen LogP contribution in [-0.4, -0.2) is 200 Å². The number of nitrogens with one attached hydrogen (secondary N) is 1. The molecule has 0 radical (unpaired) electrons. The van der Waals surface area contributed by atoms with Gasteiger partial charge in [-0.05, 0) is 127 Å². The molecule has 6 aromatic heterocycles. The van der Waals surface area contributed by atoms with Crippen molar-refractivity contribution in [2.45, 2.75) is 265 Å². The first-order valence-electron chi connectivity index (χ1n) is 45.4.